The molecule has 2 saturated heterocycles. The fourth-order valence-corrected chi connectivity index (χ4v) is 4.26. The van der Waals surface area contributed by atoms with E-state index in [9.17, 15) is 0 Å². The zero-order chi connectivity index (χ0) is 20.6. The lowest BCUT2D eigenvalue weighted by atomic mass is 10.0. The summed E-state index contributed by atoms with van der Waals surface area (Å²) in [5.74, 6) is 1.94. The average Bonchev–Trinajstić information content (AvgIpc) is 3.24. The maximum atomic E-state index is 5.59. The van der Waals surface area contributed by atoms with Crippen LogP contribution in [0.25, 0.3) is 0 Å². The third kappa shape index (κ3) is 6.45. The summed E-state index contributed by atoms with van der Waals surface area (Å²) in [5.41, 5.74) is 1.17. The molecule has 1 aromatic carbocycles. The number of likely N-dealkylation sites (tertiary alicyclic amines) is 1. The number of aliphatic imine (C=N–C) groups is 1. The van der Waals surface area contributed by atoms with E-state index in [-0.39, 0.29) is 30.0 Å². The lowest BCUT2D eigenvalue weighted by Gasteiger charge is -2.32. The third-order valence-corrected chi connectivity index (χ3v) is 5.90. The van der Waals surface area contributed by atoms with Crippen molar-refractivity contribution in [2.75, 3.05) is 73.7 Å². The topological polar surface area (TPSA) is 52.6 Å². The van der Waals surface area contributed by atoms with E-state index < -0.39 is 0 Å². The maximum Gasteiger partial charge on any atom is 0.194 e. The van der Waals surface area contributed by atoms with Crippen molar-refractivity contribution in [1.82, 2.24) is 20.0 Å². The number of hydrogen-bond donors (Lipinski definition) is 1. The molecule has 2 heterocycles. The molecule has 2 aliphatic rings. The average molecular weight is 531 g/mol. The second-order valence-corrected chi connectivity index (χ2v) is 7.95. The Labute approximate surface area is 198 Å². The fraction of sp³-hybridized carbons (Fsp3) is 0.682. The number of guanidine groups is 1. The molecule has 0 saturated carbocycles. The summed E-state index contributed by atoms with van der Waals surface area (Å²) < 4.78 is 11.1. The molecule has 2 fully saturated rings. The first kappa shape index (κ1) is 25.2. The molecule has 0 spiro atoms. The maximum absolute atomic E-state index is 5.59. The fourth-order valence-electron chi connectivity index (χ4n) is 4.26. The van der Waals surface area contributed by atoms with Crippen molar-refractivity contribution in [3.8, 4) is 5.75 Å². The van der Waals surface area contributed by atoms with Gasteiger partial charge in [0.05, 0.1) is 32.9 Å². The summed E-state index contributed by atoms with van der Waals surface area (Å²) in [6.45, 7) is 9.58. The molecule has 0 radical (unpaired) electrons. The van der Waals surface area contributed by atoms with E-state index in [2.05, 4.69) is 53.2 Å². The second kappa shape index (κ2) is 12.7. The van der Waals surface area contributed by atoms with Gasteiger partial charge in [-0.05, 0) is 33.5 Å². The number of nitrogens with one attached hydrogen (secondary N) is 1. The highest BCUT2D eigenvalue weighted by molar-refractivity contribution is 14.0. The number of morpholine rings is 1. The van der Waals surface area contributed by atoms with Gasteiger partial charge in [0.25, 0.3) is 0 Å². The van der Waals surface area contributed by atoms with Crippen molar-refractivity contribution in [1.29, 1.82) is 0 Å². The molecule has 1 N–H and O–H groups in total. The van der Waals surface area contributed by atoms with Gasteiger partial charge in [-0.1, -0.05) is 18.2 Å². The molecule has 7 nitrogen and oxygen atoms in total. The number of hydrogen-bond acceptors (Lipinski definition) is 5. The first-order chi connectivity index (χ1) is 14.1. The van der Waals surface area contributed by atoms with Crippen LogP contribution in [0.4, 0.5) is 0 Å². The van der Waals surface area contributed by atoms with Crippen LogP contribution >= 0.6 is 24.0 Å². The Bertz CT molecular complexity index is 667. The number of ether oxygens (including phenoxy) is 2. The van der Waals surface area contributed by atoms with E-state index in [1.807, 2.05) is 12.1 Å². The Morgan fingerprint density at radius 2 is 2.00 bits per heavy atom. The van der Waals surface area contributed by atoms with Crippen LogP contribution in [0, 0.1) is 0 Å². The van der Waals surface area contributed by atoms with E-state index in [0.29, 0.717) is 12.6 Å². The molecule has 2 unspecified atom stereocenters. The molecular weight excluding hydrogens is 493 g/mol. The van der Waals surface area contributed by atoms with Crippen molar-refractivity contribution in [2.45, 2.75) is 25.4 Å². The van der Waals surface area contributed by atoms with Crippen LogP contribution in [-0.4, -0.2) is 100 Å². The minimum Gasteiger partial charge on any atom is -0.496 e. The lowest BCUT2D eigenvalue weighted by molar-refractivity contribution is 0.0195. The highest BCUT2D eigenvalue weighted by Crippen LogP contribution is 2.28. The molecule has 3 rings (SSSR count). The lowest BCUT2D eigenvalue weighted by Crippen LogP contribution is -2.46. The summed E-state index contributed by atoms with van der Waals surface area (Å²) >= 11 is 0. The van der Waals surface area contributed by atoms with E-state index in [1.165, 1.54) is 12.0 Å². The molecule has 30 heavy (non-hydrogen) atoms. The van der Waals surface area contributed by atoms with Gasteiger partial charge in [-0.2, -0.15) is 0 Å². The molecule has 8 heteroatoms. The van der Waals surface area contributed by atoms with Crippen molar-refractivity contribution in [2.24, 2.45) is 4.99 Å². The van der Waals surface area contributed by atoms with E-state index >= 15 is 0 Å². The third-order valence-electron chi connectivity index (χ3n) is 5.90. The Morgan fingerprint density at radius 1 is 1.27 bits per heavy atom. The predicted molar refractivity (Wildman–Crippen MR) is 133 cm³/mol. The smallest absolute Gasteiger partial charge is 0.194 e. The monoisotopic (exact) mass is 531 g/mol. The van der Waals surface area contributed by atoms with Crippen molar-refractivity contribution in [3.63, 3.8) is 0 Å². The Morgan fingerprint density at radius 3 is 2.67 bits per heavy atom. The molecule has 0 bridgehead atoms. The number of para-hydroxylation sites is 1. The second-order valence-electron chi connectivity index (χ2n) is 7.95. The number of nitrogens with zero attached hydrogens (tertiary/aromatic N) is 4. The Hall–Kier alpha value is -1.10. The summed E-state index contributed by atoms with van der Waals surface area (Å²) in [6.07, 6.45) is 1.19. The molecule has 0 amide bonds. The number of rotatable bonds is 7. The highest BCUT2D eigenvalue weighted by atomic mass is 127. The quantitative estimate of drug-likeness (QED) is 0.331. The zero-order valence-corrected chi connectivity index (χ0v) is 21.2. The van der Waals surface area contributed by atoms with Crippen molar-refractivity contribution < 1.29 is 9.47 Å². The number of methoxy groups -OCH3 is 1. The van der Waals surface area contributed by atoms with E-state index in [4.69, 9.17) is 14.5 Å². The Kier molecular flexibility index (Phi) is 10.6. The molecule has 2 atom stereocenters. The largest absolute Gasteiger partial charge is 0.496 e. The zero-order valence-electron chi connectivity index (χ0n) is 18.8. The van der Waals surface area contributed by atoms with Gasteiger partial charge >= 0.3 is 0 Å². The van der Waals surface area contributed by atoms with Crippen LogP contribution in [0.3, 0.4) is 0 Å². The molecule has 0 aromatic heterocycles. The minimum atomic E-state index is 0. The normalized spacial score (nSPS) is 21.4. The molecule has 0 aliphatic carbocycles. The minimum absolute atomic E-state index is 0. The van der Waals surface area contributed by atoms with Gasteiger partial charge in [0, 0.05) is 44.3 Å². The van der Waals surface area contributed by atoms with Crippen LogP contribution in [0.5, 0.6) is 5.75 Å². The summed E-state index contributed by atoms with van der Waals surface area (Å²) in [4.78, 5) is 12.2. The first-order valence-electron chi connectivity index (χ1n) is 10.8. The van der Waals surface area contributed by atoms with E-state index in [1.54, 1.807) is 7.11 Å². The molecule has 170 valence electrons. The Balaban J connectivity index is 0.00000320. The number of benzene rings is 1. The van der Waals surface area contributed by atoms with Crippen molar-refractivity contribution >= 4 is 29.9 Å². The summed E-state index contributed by atoms with van der Waals surface area (Å²) in [6, 6.07) is 9.00. The SMILES string of the molecule is CCNC(=NCC(c1ccccc1OC)N(C)C)N1CCC(N2CCOCC2)C1.I. The van der Waals surface area contributed by atoms with E-state index in [0.717, 1.165) is 57.6 Å². The van der Waals surface area contributed by atoms with Gasteiger partial charge in [-0.15, -0.1) is 24.0 Å². The van der Waals surface area contributed by atoms with Gasteiger partial charge < -0.3 is 24.6 Å². The predicted octanol–water partition coefficient (Wildman–Crippen LogP) is 2.29. The first-order valence-corrected chi connectivity index (χ1v) is 10.8. The van der Waals surface area contributed by atoms with Gasteiger partial charge in [0.2, 0.25) is 0 Å². The highest BCUT2D eigenvalue weighted by Gasteiger charge is 2.30. The number of likely N-dealkylation sites (N-methyl/N-ethyl adjacent to an activating group) is 1. The molecule has 2 aliphatic heterocycles. The van der Waals surface area contributed by atoms with Crippen LogP contribution in [-0.2, 0) is 4.74 Å². The van der Waals surface area contributed by atoms with Gasteiger partial charge in [0.1, 0.15) is 5.75 Å². The van der Waals surface area contributed by atoms with Gasteiger partial charge in [-0.25, -0.2) is 0 Å². The molecular formula is C22H38IN5O2. The number of halogens is 1. The summed E-state index contributed by atoms with van der Waals surface area (Å²) in [5, 5.41) is 3.51. The van der Waals surface area contributed by atoms with Crippen LogP contribution in [0.15, 0.2) is 29.3 Å². The van der Waals surface area contributed by atoms with Gasteiger partial charge in [-0.3, -0.25) is 9.89 Å². The van der Waals surface area contributed by atoms with Crippen molar-refractivity contribution in [3.05, 3.63) is 29.8 Å². The van der Waals surface area contributed by atoms with Gasteiger partial charge in [0.15, 0.2) is 5.96 Å². The van der Waals surface area contributed by atoms with Crippen LogP contribution < -0.4 is 10.1 Å². The standard InChI is InChI=1S/C22H37N5O2.HI/c1-5-23-22(27-11-10-18(17-27)26-12-14-29-15-13-26)24-16-20(25(2)3)19-8-6-7-9-21(19)28-4;/h6-9,18,20H,5,10-17H2,1-4H3,(H,23,24);1H. The summed E-state index contributed by atoms with van der Waals surface area (Å²) in [7, 11) is 5.93. The van der Waals surface area contributed by atoms with Crippen LogP contribution in [0.1, 0.15) is 24.9 Å². The molecule has 1 aromatic rings. The van der Waals surface area contributed by atoms with Crippen LogP contribution in [0.2, 0.25) is 0 Å².